The minimum Gasteiger partial charge on any atom is -0.450 e. The average molecular weight is 257 g/mol. The van der Waals surface area contributed by atoms with Gasteiger partial charge < -0.3 is 10.2 Å². The highest BCUT2D eigenvalue weighted by atomic mass is 79.9. The molecule has 0 aliphatic heterocycles. The summed E-state index contributed by atoms with van der Waals surface area (Å²) in [7, 11) is 0. The van der Waals surface area contributed by atoms with E-state index in [1.807, 2.05) is 6.07 Å². The summed E-state index contributed by atoms with van der Waals surface area (Å²) in [6, 6.07) is 5.31. The van der Waals surface area contributed by atoms with Crippen molar-refractivity contribution in [3.63, 3.8) is 0 Å². The van der Waals surface area contributed by atoms with Crippen LogP contribution in [0.1, 0.15) is 5.76 Å². The Hall–Kier alpha value is -1.12. The molecule has 0 fully saturated rings. The third-order valence-corrected chi connectivity index (χ3v) is 1.91. The standard InChI is InChI=1S/C8H5BrN2OS/c9-7-2-1-6(12-7)3-5(4-10)8(11)13/h1-3H,(H2,11,13)/b5-3-. The van der Waals surface area contributed by atoms with E-state index in [0.29, 0.717) is 10.4 Å². The summed E-state index contributed by atoms with van der Waals surface area (Å²) in [6.45, 7) is 0. The molecule has 0 aliphatic rings. The smallest absolute Gasteiger partial charge is 0.169 e. The van der Waals surface area contributed by atoms with Crippen LogP contribution in [0, 0.1) is 11.3 Å². The molecule has 0 aromatic carbocycles. The molecule has 2 N–H and O–H groups in total. The molecule has 66 valence electrons. The number of hydrogen-bond acceptors (Lipinski definition) is 3. The number of nitriles is 1. The normalized spacial score (nSPS) is 10.9. The average Bonchev–Trinajstić information content (AvgIpc) is 2.46. The fourth-order valence-electron chi connectivity index (χ4n) is 0.707. The predicted octanol–water partition coefficient (Wildman–Crippen LogP) is 2.24. The number of halogens is 1. The molecule has 0 unspecified atom stereocenters. The molecule has 0 saturated heterocycles. The molecule has 0 saturated carbocycles. The van der Waals surface area contributed by atoms with Crippen molar-refractivity contribution in [1.82, 2.24) is 0 Å². The number of thiocarbonyl (C=S) groups is 1. The first kappa shape index (κ1) is 9.96. The SMILES string of the molecule is N#C/C(=C/c1ccc(Br)o1)C(N)=S. The van der Waals surface area contributed by atoms with Gasteiger partial charge in [0, 0.05) is 6.08 Å². The van der Waals surface area contributed by atoms with Crippen molar-refractivity contribution < 1.29 is 4.42 Å². The maximum Gasteiger partial charge on any atom is 0.169 e. The zero-order valence-electron chi connectivity index (χ0n) is 6.45. The Balaban J connectivity index is 3.00. The molecular weight excluding hydrogens is 252 g/mol. The molecule has 0 atom stereocenters. The van der Waals surface area contributed by atoms with Crippen molar-refractivity contribution in [3.8, 4) is 6.07 Å². The number of nitrogens with two attached hydrogens (primary N) is 1. The van der Waals surface area contributed by atoms with Gasteiger partial charge in [-0.15, -0.1) is 0 Å². The number of furan rings is 1. The van der Waals surface area contributed by atoms with Gasteiger partial charge in [0.15, 0.2) is 4.67 Å². The Morgan fingerprint density at radius 2 is 2.38 bits per heavy atom. The maximum atomic E-state index is 8.63. The molecule has 0 aliphatic carbocycles. The van der Waals surface area contributed by atoms with Crippen LogP contribution in [0.4, 0.5) is 0 Å². The molecule has 0 bridgehead atoms. The fraction of sp³-hybridized carbons (Fsp3) is 0. The molecule has 1 rings (SSSR count). The van der Waals surface area contributed by atoms with Crippen molar-refractivity contribution in [2.24, 2.45) is 5.73 Å². The van der Waals surface area contributed by atoms with E-state index < -0.39 is 0 Å². The van der Waals surface area contributed by atoms with E-state index in [1.54, 1.807) is 12.1 Å². The molecule has 0 spiro atoms. The van der Waals surface area contributed by atoms with E-state index >= 15 is 0 Å². The summed E-state index contributed by atoms with van der Waals surface area (Å²) in [5.74, 6) is 0.538. The van der Waals surface area contributed by atoms with Crippen LogP contribution in [0.3, 0.4) is 0 Å². The van der Waals surface area contributed by atoms with Crippen LogP contribution in [-0.4, -0.2) is 4.99 Å². The van der Waals surface area contributed by atoms with Gasteiger partial charge in [-0.05, 0) is 28.1 Å². The highest BCUT2D eigenvalue weighted by molar-refractivity contribution is 9.10. The summed E-state index contributed by atoms with van der Waals surface area (Å²) < 4.78 is 5.74. The van der Waals surface area contributed by atoms with Crippen LogP contribution >= 0.6 is 28.1 Å². The molecule has 0 radical (unpaired) electrons. The number of hydrogen-bond donors (Lipinski definition) is 1. The van der Waals surface area contributed by atoms with E-state index in [4.69, 9.17) is 15.4 Å². The van der Waals surface area contributed by atoms with Crippen molar-refractivity contribution in [2.75, 3.05) is 0 Å². The third-order valence-electron chi connectivity index (χ3n) is 1.27. The van der Waals surface area contributed by atoms with Crippen molar-refractivity contribution in [3.05, 3.63) is 28.1 Å². The van der Waals surface area contributed by atoms with Gasteiger partial charge in [0.05, 0.1) is 5.57 Å². The Bertz CT molecular complexity index is 403. The largest absolute Gasteiger partial charge is 0.450 e. The van der Waals surface area contributed by atoms with E-state index in [2.05, 4.69) is 28.1 Å². The monoisotopic (exact) mass is 256 g/mol. The minimum absolute atomic E-state index is 0.0648. The Morgan fingerprint density at radius 3 is 2.77 bits per heavy atom. The lowest BCUT2D eigenvalue weighted by Crippen LogP contribution is -2.09. The minimum atomic E-state index is 0.0648. The van der Waals surface area contributed by atoms with Crippen LogP contribution in [0.2, 0.25) is 0 Å². The topological polar surface area (TPSA) is 63.0 Å². The van der Waals surface area contributed by atoms with Gasteiger partial charge in [0.25, 0.3) is 0 Å². The lowest BCUT2D eigenvalue weighted by molar-refractivity contribution is 0.531. The van der Waals surface area contributed by atoms with Gasteiger partial charge in [-0.3, -0.25) is 0 Å². The van der Waals surface area contributed by atoms with Gasteiger partial charge in [-0.2, -0.15) is 5.26 Å². The zero-order valence-corrected chi connectivity index (χ0v) is 8.85. The molecule has 1 heterocycles. The van der Waals surface area contributed by atoms with Crippen molar-refractivity contribution in [1.29, 1.82) is 5.26 Å². The second-order valence-electron chi connectivity index (χ2n) is 2.18. The third kappa shape index (κ3) is 2.68. The molecule has 1 aromatic rings. The number of nitrogens with zero attached hydrogens (tertiary/aromatic N) is 1. The Labute approximate surface area is 89.0 Å². The lowest BCUT2D eigenvalue weighted by Gasteiger charge is -1.91. The summed E-state index contributed by atoms with van der Waals surface area (Å²) in [5.41, 5.74) is 5.52. The maximum absolute atomic E-state index is 8.63. The van der Waals surface area contributed by atoms with Gasteiger partial charge >= 0.3 is 0 Å². The van der Waals surface area contributed by atoms with Gasteiger partial charge in [0.2, 0.25) is 0 Å². The summed E-state index contributed by atoms with van der Waals surface area (Å²) in [5, 5.41) is 8.63. The highest BCUT2D eigenvalue weighted by Gasteiger charge is 2.01. The van der Waals surface area contributed by atoms with Crippen molar-refractivity contribution in [2.45, 2.75) is 0 Å². The Morgan fingerprint density at radius 1 is 1.69 bits per heavy atom. The summed E-state index contributed by atoms with van der Waals surface area (Å²) in [6.07, 6.45) is 1.49. The molecule has 13 heavy (non-hydrogen) atoms. The molecule has 3 nitrogen and oxygen atoms in total. The van der Waals surface area contributed by atoms with Gasteiger partial charge in [0.1, 0.15) is 16.8 Å². The van der Waals surface area contributed by atoms with E-state index in [-0.39, 0.29) is 10.6 Å². The molecular formula is C8H5BrN2OS. The first-order valence-corrected chi connectivity index (χ1v) is 4.50. The fourth-order valence-corrected chi connectivity index (χ4v) is 1.13. The predicted molar refractivity (Wildman–Crippen MR) is 56.8 cm³/mol. The second kappa shape index (κ2) is 4.21. The quantitative estimate of drug-likeness (QED) is 0.501. The van der Waals surface area contributed by atoms with E-state index in [9.17, 15) is 0 Å². The first-order chi connectivity index (χ1) is 6.13. The van der Waals surface area contributed by atoms with Crippen LogP contribution in [0.15, 0.2) is 26.8 Å². The summed E-state index contributed by atoms with van der Waals surface area (Å²) in [4.78, 5) is 0.0648. The molecule has 5 heteroatoms. The molecule has 0 amide bonds. The zero-order chi connectivity index (χ0) is 9.84. The van der Waals surface area contributed by atoms with Crippen LogP contribution in [0.25, 0.3) is 6.08 Å². The summed E-state index contributed by atoms with van der Waals surface area (Å²) >= 11 is 7.79. The van der Waals surface area contributed by atoms with Gasteiger partial charge in [-0.1, -0.05) is 12.2 Å². The highest BCUT2D eigenvalue weighted by Crippen LogP contribution is 2.16. The van der Waals surface area contributed by atoms with Crippen molar-refractivity contribution >= 4 is 39.2 Å². The molecule has 1 aromatic heterocycles. The van der Waals surface area contributed by atoms with Crippen LogP contribution < -0.4 is 5.73 Å². The van der Waals surface area contributed by atoms with Gasteiger partial charge in [-0.25, -0.2) is 0 Å². The van der Waals surface area contributed by atoms with Crippen LogP contribution in [0.5, 0.6) is 0 Å². The van der Waals surface area contributed by atoms with E-state index in [1.165, 1.54) is 6.08 Å². The lowest BCUT2D eigenvalue weighted by atomic mass is 10.2. The first-order valence-electron chi connectivity index (χ1n) is 3.30. The second-order valence-corrected chi connectivity index (χ2v) is 3.40. The Kier molecular flexibility index (Phi) is 3.23. The van der Waals surface area contributed by atoms with E-state index in [0.717, 1.165) is 0 Å². The van der Waals surface area contributed by atoms with Crippen LogP contribution in [-0.2, 0) is 0 Å². The number of rotatable bonds is 2.